The number of hydrogen-bond acceptors (Lipinski definition) is 4. The Balaban J connectivity index is 1.89. The number of ether oxygens (including phenoxy) is 1. The second-order valence-corrected chi connectivity index (χ2v) is 4.45. The highest BCUT2D eigenvalue weighted by atomic mass is 16.5. The van der Waals surface area contributed by atoms with E-state index in [0.717, 1.165) is 12.8 Å². The molecule has 0 atom stereocenters. The van der Waals surface area contributed by atoms with E-state index in [2.05, 4.69) is 10.3 Å². The fraction of sp³-hybridized carbons (Fsp3) is 0.462. The van der Waals surface area contributed by atoms with Crippen molar-refractivity contribution >= 4 is 11.9 Å². The number of carbonyl (C=O) groups is 2. The normalized spacial score (nSPS) is 14.5. The van der Waals surface area contributed by atoms with Crippen LogP contribution in [0, 0.1) is 0 Å². The molecule has 1 aliphatic carbocycles. The smallest absolute Gasteiger partial charge is 0.305 e. The second-order valence-electron chi connectivity index (χ2n) is 4.45. The predicted octanol–water partition coefficient (Wildman–Crippen LogP) is 1.22. The molecule has 0 aromatic carbocycles. The van der Waals surface area contributed by atoms with Crippen molar-refractivity contribution < 1.29 is 19.4 Å². The van der Waals surface area contributed by atoms with E-state index in [1.165, 1.54) is 12.6 Å². The molecule has 1 saturated carbocycles. The molecule has 1 aromatic heterocycles. The van der Waals surface area contributed by atoms with Gasteiger partial charge in [0.25, 0.3) is 5.91 Å². The first-order chi connectivity index (χ1) is 9.15. The summed E-state index contributed by atoms with van der Waals surface area (Å²) >= 11 is 0. The van der Waals surface area contributed by atoms with E-state index in [0.29, 0.717) is 11.4 Å². The SMILES string of the molecule is O=C(O)CCNC(=O)c1ccnc(OC2CCC2)c1. The van der Waals surface area contributed by atoms with Crippen LogP contribution in [0.5, 0.6) is 5.88 Å². The summed E-state index contributed by atoms with van der Waals surface area (Å²) in [6, 6.07) is 3.15. The minimum atomic E-state index is -0.941. The van der Waals surface area contributed by atoms with Gasteiger partial charge in [-0.1, -0.05) is 0 Å². The number of pyridine rings is 1. The summed E-state index contributed by atoms with van der Waals surface area (Å²) in [4.78, 5) is 26.2. The Bertz CT molecular complexity index is 471. The zero-order valence-corrected chi connectivity index (χ0v) is 10.5. The number of carbonyl (C=O) groups excluding carboxylic acids is 1. The number of nitrogens with one attached hydrogen (secondary N) is 1. The number of rotatable bonds is 6. The third kappa shape index (κ3) is 3.94. The minimum absolute atomic E-state index is 0.0950. The summed E-state index contributed by atoms with van der Waals surface area (Å²) in [5.41, 5.74) is 0.426. The highest BCUT2D eigenvalue weighted by Crippen LogP contribution is 2.24. The fourth-order valence-electron chi connectivity index (χ4n) is 1.66. The summed E-state index contributed by atoms with van der Waals surface area (Å²) in [6.45, 7) is 0.106. The fourth-order valence-corrected chi connectivity index (χ4v) is 1.66. The van der Waals surface area contributed by atoms with Crippen LogP contribution in [0.3, 0.4) is 0 Å². The van der Waals surface area contributed by atoms with Crippen molar-refractivity contribution in [2.45, 2.75) is 31.8 Å². The molecule has 19 heavy (non-hydrogen) atoms. The summed E-state index contributed by atoms with van der Waals surface area (Å²) in [7, 11) is 0. The molecule has 2 N–H and O–H groups in total. The van der Waals surface area contributed by atoms with Crippen LogP contribution in [-0.2, 0) is 4.79 Å². The van der Waals surface area contributed by atoms with Gasteiger partial charge >= 0.3 is 5.97 Å². The van der Waals surface area contributed by atoms with E-state index >= 15 is 0 Å². The molecule has 1 aromatic rings. The Hall–Kier alpha value is -2.11. The monoisotopic (exact) mass is 264 g/mol. The molecular weight excluding hydrogens is 248 g/mol. The number of amides is 1. The molecule has 1 amide bonds. The molecular formula is C13H16N2O4. The van der Waals surface area contributed by atoms with E-state index in [1.807, 2.05) is 0 Å². The molecule has 2 rings (SSSR count). The standard InChI is InChI=1S/C13H16N2O4/c16-12(17)5-7-15-13(18)9-4-6-14-11(8-9)19-10-2-1-3-10/h4,6,8,10H,1-3,5,7H2,(H,15,18)(H,16,17). The van der Waals surface area contributed by atoms with Crippen molar-refractivity contribution in [3.05, 3.63) is 23.9 Å². The lowest BCUT2D eigenvalue weighted by Crippen LogP contribution is -2.27. The third-order valence-corrected chi connectivity index (χ3v) is 2.96. The Labute approximate surface area is 110 Å². The lowest BCUT2D eigenvalue weighted by Gasteiger charge is -2.25. The van der Waals surface area contributed by atoms with Crippen molar-refractivity contribution in [3.8, 4) is 5.88 Å². The molecule has 1 aliphatic rings. The molecule has 102 valence electrons. The average molecular weight is 264 g/mol. The van der Waals surface area contributed by atoms with Gasteiger partial charge in [-0.15, -0.1) is 0 Å². The van der Waals surface area contributed by atoms with E-state index < -0.39 is 5.97 Å². The Kier molecular flexibility index (Phi) is 4.33. The van der Waals surface area contributed by atoms with Crippen LogP contribution in [-0.4, -0.2) is 34.6 Å². The van der Waals surface area contributed by atoms with Crippen LogP contribution in [0.2, 0.25) is 0 Å². The minimum Gasteiger partial charge on any atom is -0.481 e. The van der Waals surface area contributed by atoms with Crippen LogP contribution in [0.4, 0.5) is 0 Å². The largest absolute Gasteiger partial charge is 0.481 e. The molecule has 0 spiro atoms. The summed E-state index contributed by atoms with van der Waals surface area (Å²) in [5, 5.41) is 11.0. The first kappa shape index (κ1) is 13.3. The molecule has 0 unspecified atom stereocenters. The van der Waals surface area contributed by atoms with Crippen molar-refractivity contribution in [1.29, 1.82) is 0 Å². The second kappa shape index (κ2) is 6.17. The van der Waals surface area contributed by atoms with Crippen LogP contribution in [0.25, 0.3) is 0 Å². The van der Waals surface area contributed by atoms with Crippen LogP contribution < -0.4 is 10.1 Å². The van der Waals surface area contributed by atoms with E-state index in [9.17, 15) is 9.59 Å². The molecule has 1 heterocycles. The highest BCUT2D eigenvalue weighted by molar-refractivity contribution is 5.94. The Morgan fingerprint density at radius 3 is 2.89 bits per heavy atom. The molecule has 0 bridgehead atoms. The summed E-state index contributed by atoms with van der Waals surface area (Å²) < 4.78 is 5.60. The third-order valence-electron chi connectivity index (χ3n) is 2.96. The van der Waals surface area contributed by atoms with Crippen LogP contribution in [0.15, 0.2) is 18.3 Å². The maximum atomic E-state index is 11.8. The van der Waals surface area contributed by atoms with Crippen molar-refractivity contribution in [2.75, 3.05) is 6.54 Å². The Morgan fingerprint density at radius 1 is 1.47 bits per heavy atom. The van der Waals surface area contributed by atoms with Gasteiger partial charge in [-0.25, -0.2) is 4.98 Å². The molecule has 0 saturated heterocycles. The van der Waals surface area contributed by atoms with E-state index in [4.69, 9.17) is 9.84 Å². The lowest BCUT2D eigenvalue weighted by atomic mass is 9.96. The van der Waals surface area contributed by atoms with Gasteiger partial charge in [-0.2, -0.15) is 0 Å². The molecule has 0 aliphatic heterocycles. The molecule has 6 nitrogen and oxygen atoms in total. The lowest BCUT2D eigenvalue weighted by molar-refractivity contribution is -0.136. The first-order valence-electron chi connectivity index (χ1n) is 6.28. The topological polar surface area (TPSA) is 88.5 Å². The van der Waals surface area contributed by atoms with Gasteiger partial charge in [0.05, 0.1) is 6.42 Å². The van der Waals surface area contributed by atoms with Gasteiger partial charge in [0, 0.05) is 24.4 Å². The average Bonchev–Trinajstić information content (AvgIpc) is 2.34. The summed E-state index contributed by atoms with van der Waals surface area (Å²) in [5.74, 6) is -0.818. The number of hydrogen-bond donors (Lipinski definition) is 2. The number of aromatic nitrogens is 1. The van der Waals surface area contributed by atoms with Gasteiger partial charge in [-0.3, -0.25) is 9.59 Å². The predicted molar refractivity (Wildman–Crippen MR) is 67.1 cm³/mol. The van der Waals surface area contributed by atoms with Crippen LogP contribution in [0.1, 0.15) is 36.0 Å². The quantitative estimate of drug-likeness (QED) is 0.806. The van der Waals surface area contributed by atoms with Crippen molar-refractivity contribution in [3.63, 3.8) is 0 Å². The molecule has 0 radical (unpaired) electrons. The maximum Gasteiger partial charge on any atom is 0.305 e. The van der Waals surface area contributed by atoms with E-state index in [-0.39, 0.29) is 25.0 Å². The number of carboxylic acid groups (broad SMARTS) is 1. The number of carboxylic acids is 1. The van der Waals surface area contributed by atoms with Crippen LogP contribution >= 0.6 is 0 Å². The first-order valence-corrected chi connectivity index (χ1v) is 6.28. The van der Waals surface area contributed by atoms with Gasteiger partial charge < -0.3 is 15.2 Å². The number of nitrogens with zero attached hydrogens (tertiary/aromatic N) is 1. The Morgan fingerprint density at radius 2 is 2.26 bits per heavy atom. The van der Waals surface area contributed by atoms with Gasteiger partial charge in [-0.05, 0) is 25.3 Å². The molecule has 1 fully saturated rings. The summed E-state index contributed by atoms with van der Waals surface area (Å²) in [6.07, 6.45) is 4.84. The van der Waals surface area contributed by atoms with Crippen molar-refractivity contribution in [2.24, 2.45) is 0 Å². The van der Waals surface area contributed by atoms with Gasteiger partial charge in [0.15, 0.2) is 0 Å². The zero-order valence-electron chi connectivity index (χ0n) is 10.5. The zero-order chi connectivity index (χ0) is 13.7. The van der Waals surface area contributed by atoms with Gasteiger partial charge in [0.2, 0.25) is 5.88 Å². The van der Waals surface area contributed by atoms with Crippen molar-refractivity contribution in [1.82, 2.24) is 10.3 Å². The molecule has 6 heteroatoms. The number of aliphatic carboxylic acids is 1. The maximum absolute atomic E-state index is 11.8. The highest BCUT2D eigenvalue weighted by Gasteiger charge is 2.20. The van der Waals surface area contributed by atoms with Gasteiger partial charge in [0.1, 0.15) is 6.10 Å². The van der Waals surface area contributed by atoms with E-state index in [1.54, 1.807) is 12.1 Å².